The number of unbranched alkanes of at least 4 members (excludes halogenated alkanes) is 2. The summed E-state index contributed by atoms with van der Waals surface area (Å²) in [6.45, 7) is 6.58. The Morgan fingerprint density at radius 2 is 1.52 bits per heavy atom. The fraction of sp³-hybridized carbons (Fsp3) is 1.00. The molecule has 0 aliphatic heterocycles. The Morgan fingerprint density at radius 3 is 2.04 bits per heavy atom. The van der Waals surface area contributed by atoms with E-state index >= 15 is 0 Å². The number of nitrogens with one attached hydrogen (secondary N) is 1. The van der Waals surface area contributed by atoms with Crippen molar-refractivity contribution in [2.75, 3.05) is 61.8 Å². The topological polar surface area (TPSA) is 52.2 Å². The summed E-state index contributed by atoms with van der Waals surface area (Å²) in [5.41, 5.74) is 0. The van der Waals surface area contributed by atoms with E-state index in [2.05, 4.69) is 37.4 Å². The van der Waals surface area contributed by atoms with E-state index in [-0.39, 0.29) is 9.52 Å². The largest absolute Gasteiger partial charge is 0.398 e. The lowest BCUT2D eigenvalue weighted by Crippen LogP contribution is -2.46. The fourth-order valence-corrected chi connectivity index (χ4v) is 11.2. The molecule has 0 aromatic heterocycles. The van der Waals surface area contributed by atoms with Crippen LogP contribution in [-0.2, 0) is 17.7 Å². The van der Waals surface area contributed by atoms with Crippen LogP contribution in [0.3, 0.4) is 0 Å². The monoisotopic (exact) mass is 438 g/mol. The summed E-state index contributed by atoms with van der Waals surface area (Å²) < 4.78 is 22.9. The SMILES string of the molecule is CO[Si](C)(CCCNC[SiH2]C(CCCCCN(C)C)[Si](C)(OC)OC)OC. The molecule has 0 radical (unpaired) electrons. The second kappa shape index (κ2) is 15.3. The van der Waals surface area contributed by atoms with Gasteiger partial charge in [-0.3, -0.25) is 0 Å². The van der Waals surface area contributed by atoms with Gasteiger partial charge in [-0.1, -0.05) is 19.3 Å². The Morgan fingerprint density at radius 1 is 0.889 bits per heavy atom. The zero-order valence-corrected chi connectivity index (χ0v) is 22.6. The van der Waals surface area contributed by atoms with Gasteiger partial charge in [0.1, 0.15) is 0 Å². The molecule has 27 heavy (non-hydrogen) atoms. The minimum Gasteiger partial charge on any atom is -0.398 e. The maximum absolute atomic E-state index is 5.88. The molecule has 1 unspecified atom stereocenters. The Hall–Kier alpha value is 0.411. The van der Waals surface area contributed by atoms with Crippen molar-refractivity contribution in [3.05, 3.63) is 0 Å². The van der Waals surface area contributed by atoms with E-state index in [9.17, 15) is 0 Å². The lowest BCUT2D eigenvalue weighted by atomic mass is 10.2. The molecule has 0 aromatic rings. The average Bonchev–Trinajstić information content (AvgIpc) is 2.67. The third kappa shape index (κ3) is 11.9. The average molecular weight is 439 g/mol. The Labute approximate surface area is 173 Å². The molecule has 0 aliphatic rings. The van der Waals surface area contributed by atoms with Crippen LogP contribution < -0.4 is 5.32 Å². The fourth-order valence-electron chi connectivity index (χ4n) is 3.30. The maximum Gasteiger partial charge on any atom is 0.334 e. The summed E-state index contributed by atoms with van der Waals surface area (Å²) in [5, 5.41) is 4.31. The minimum absolute atomic E-state index is 0.284. The summed E-state index contributed by atoms with van der Waals surface area (Å²) in [5.74, 6) is 0. The highest BCUT2D eigenvalue weighted by atomic mass is 28.4. The molecule has 0 spiro atoms. The van der Waals surface area contributed by atoms with Crippen LogP contribution in [-0.4, -0.2) is 93.3 Å². The first-order valence-electron chi connectivity index (χ1n) is 10.3. The second-order valence-corrected chi connectivity index (χ2v) is 18.1. The Bertz CT molecular complexity index is 357. The van der Waals surface area contributed by atoms with Crippen LogP contribution in [0.5, 0.6) is 0 Å². The van der Waals surface area contributed by atoms with Gasteiger partial charge in [-0.05, 0) is 70.5 Å². The Kier molecular flexibility index (Phi) is 15.5. The van der Waals surface area contributed by atoms with E-state index in [1.54, 1.807) is 14.2 Å². The highest BCUT2D eigenvalue weighted by Gasteiger charge is 2.38. The van der Waals surface area contributed by atoms with Crippen LogP contribution in [0.4, 0.5) is 0 Å². The molecular weight excluding hydrogens is 392 g/mol. The van der Waals surface area contributed by atoms with Crippen molar-refractivity contribution >= 4 is 26.6 Å². The zero-order chi connectivity index (χ0) is 20.8. The lowest BCUT2D eigenvalue weighted by molar-refractivity contribution is 0.243. The summed E-state index contributed by atoms with van der Waals surface area (Å²) >= 11 is 0. The van der Waals surface area contributed by atoms with Crippen molar-refractivity contribution in [3.8, 4) is 0 Å². The third-order valence-electron chi connectivity index (χ3n) is 5.73. The van der Waals surface area contributed by atoms with Gasteiger partial charge in [0.25, 0.3) is 0 Å². The quantitative estimate of drug-likeness (QED) is 0.262. The van der Waals surface area contributed by atoms with E-state index in [0.29, 0.717) is 5.16 Å². The predicted octanol–water partition coefficient (Wildman–Crippen LogP) is 2.27. The van der Waals surface area contributed by atoms with Crippen molar-refractivity contribution in [3.63, 3.8) is 0 Å². The molecule has 0 fully saturated rings. The van der Waals surface area contributed by atoms with Crippen LogP contribution in [0.15, 0.2) is 0 Å². The van der Waals surface area contributed by atoms with Crippen molar-refractivity contribution in [2.24, 2.45) is 0 Å². The molecule has 0 saturated heterocycles. The molecule has 1 atom stereocenters. The standard InChI is InChI=1S/C18H46N2O4Si3/c1-20(2)15-11-9-10-13-18(27(8,23-5)24-6)25-17-19-14-12-16-26(7,21-3)22-4/h18-19H,9-17,25H2,1-8H3. The van der Waals surface area contributed by atoms with Crippen molar-refractivity contribution in [2.45, 2.75) is 56.4 Å². The second-order valence-electron chi connectivity index (χ2n) is 7.96. The van der Waals surface area contributed by atoms with Gasteiger partial charge < -0.3 is 27.9 Å². The number of nitrogens with zero attached hydrogens (tertiary/aromatic N) is 1. The van der Waals surface area contributed by atoms with E-state index in [0.717, 1.165) is 25.2 Å². The van der Waals surface area contributed by atoms with Gasteiger partial charge in [0.05, 0.1) is 0 Å². The number of rotatable bonds is 18. The molecule has 0 rings (SSSR count). The van der Waals surface area contributed by atoms with Gasteiger partial charge in [0.15, 0.2) is 0 Å². The van der Waals surface area contributed by atoms with Crippen LogP contribution in [0.25, 0.3) is 0 Å². The first-order valence-corrected chi connectivity index (χ1v) is 17.1. The number of hydrogen-bond donors (Lipinski definition) is 1. The smallest absolute Gasteiger partial charge is 0.334 e. The molecule has 0 amide bonds. The highest BCUT2D eigenvalue weighted by Crippen LogP contribution is 2.28. The van der Waals surface area contributed by atoms with Crippen LogP contribution in [0, 0.1) is 0 Å². The summed E-state index contributed by atoms with van der Waals surface area (Å²) in [6.07, 6.45) is 7.37. The first-order chi connectivity index (χ1) is 12.8. The molecule has 6 nitrogen and oxygen atoms in total. The van der Waals surface area contributed by atoms with Crippen LogP contribution in [0.1, 0.15) is 32.1 Å². The normalized spacial score (nSPS) is 14.6. The number of hydrogen-bond acceptors (Lipinski definition) is 6. The van der Waals surface area contributed by atoms with Gasteiger partial charge in [0.2, 0.25) is 0 Å². The minimum atomic E-state index is -2.04. The van der Waals surface area contributed by atoms with Crippen molar-refractivity contribution in [1.82, 2.24) is 10.2 Å². The summed E-state index contributed by atoms with van der Waals surface area (Å²) in [7, 11) is 7.23. The summed E-state index contributed by atoms with van der Waals surface area (Å²) in [6, 6.07) is 1.03. The van der Waals surface area contributed by atoms with Gasteiger partial charge in [-0.25, -0.2) is 0 Å². The molecule has 0 bridgehead atoms. The molecular formula is C18H46N2O4Si3. The molecule has 1 N–H and O–H groups in total. The molecule has 9 heteroatoms. The van der Waals surface area contributed by atoms with Gasteiger partial charge >= 0.3 is 17.1 Å². The summed E-state index contributed by atoms with van der Waals surface area (Å²) in [4.78, 5) is 2.26. The molecule has 0 aromatic carbocycles. The van der Waals surface area contributed by atoms with Gasteiger partial charge in [-0.2, -0.15) is 0 Å². The maximum atomic E-state index is 5.88. The van der Waals surface area contributed by atoms with Crippen molar-refractivity contribution < 1.29 is 17.7 Å². The zero-order valence-electron chi connectivity index (χ0n) is 19.2. The highest BCUT2D eigenvalue weighted by molar-refractivity contribution is 6.77. The molecule has 0 heterocycles. The van der Waals surface area contributed by atoms with Crippen molar-refractivity contribution in [1.29, 1.82) is 0 Å². The molecule has 164 valence electrons. The van der Waals surface area contributed by atoms with Crippen LogP contribution >= 0.6 is 0 Å². The first kappa shape index (κ1) is 27.4. The molecule has 0 saturated carbocycles. The predicted molar refractivity (Wildman–Crippen MR) is 123 cm³/mol. The van der Waals surface area contributed by atoms with E-state index < -0.39 is 17.1 Å². The van der Waals surface area contributed by atoms with Gasteiger partial charge in [0, 0.05) is 38.0 Å². The van der Waals surface area contributed by atoms with E-state index in [4.69, 9.17) is 17.7 Å². The lowest BCUT2D eigenvalue weighted by Gasteiger charge is -2.32. The van der Waals surface area contributed by atoms with E-state index in [1.807, 2.05) is 14.2 Å². The van der Waals surface area contributed by atoms with Gasteiger partial charge in [-0.15, -0.1) is 0 Å². The third-order valence-corrected chi connectivity index (χ3v) is 16.9. The van der Waals surface area contributed by atoms with E-state index in [1.165, 1.54) is 32.2 Å². The molecule has 0 aliphatic carbocycles. The Balaban J connectivity index is 4.24. The van der Waals surface area contributed by atoms with Crippen LogP contribution in [0.2, 0.25) is 24.3 Å².